The van der Waals surface area contributed by atoms with E-state index >= 15 is 0 Å². The van der Waals surface area contributed by atoms with Gasteiger partial charge in [0, 0.05) is 38.7 Å². The van der Waals surface area contributed by atoms with E-state index in [0.717, 1.165) is 82.8 Å². The summed E-state index contributed by atoms with van der Waals surface area (Å²) in [5.74, 6) is 0.848. The summed E-state index contributed by atoms with van der Waals surface area (Å²) in [6.07, 6.45) is 1.95. The third kappa shape index (κ3) is 3.36. The molecule has 0 aliphatic rings. The van der Waals surface area contributed by atoms with Crippen molar-refractivity contribution in [3.8, 4) is 28.2 Å². The number of hydrogen-bond acceptors (Lipinski definition) is 3. The Morgan fingerprint density at radius 1 is 0.524 bits per heavy atom. The predicted molar refractivity (Wildman–Crippen MR) is 172 cm³/mol. The standard InChI is InChI=1S/C38H23N3O/c1-3-11-24(12-4-1)26-21-32(25-13-5-2-6-14-25)40-35(22-26)41-33-17-9-7-15-27(33)29-19-20-30-36(37(29)41)39-23-31-28-16-8-10-18-34(28)42-38(30)31/h1-23H. The van der Waals surface area contributed by atoms with Crippen molar-refractivity contribution in [3.05, 3.63) is 140 Å². The molecule has 42 heavy (non-hydrogen) atoms. The summed E-state index contributed by atoms with van der Waals surface area (Å²) in [6, 6.07) is 46.3. The second kappa shape index (κ2) is 8.88. The Balaban J connectivity index is 1.42. The van der Waals surface area contributed by atoms with E-state index in [1.807, 2.05) is 36.5 Å². The van der Waals surface area contributed by atoms with Crippen molar-refractivity contribution >= 4 is 54.6 Å². The molecular formula is C38H23N3O. The van der Waals surface area contributed by atoms with Crippen LogP contribution in [-0.2, 0) is 0 Å². The quantitative estimate of drug-likeness (QED) is 0.225. The summed E-state index contributed by atoms with van der Waals surface area (Å²) in [7, 11) is 0. The maximum atomic E-state index is 6.42. The Morgan fingerprint density at radius 3 is 2.05 bits per heavy atom. The summed E-state index contributed by atoms with van der Waals surface area (Å²) in [4.78, 5) is 10.4. The molecule has 9 rings (SSSR count). The Labute approximate surface area is 241 Å². The minimum Gasteiger partial charge on any atom is -0.455 e. The molecule has 0 spiro atoms. The highest BCUT2D eigenvalue weighted by Crippen LogP contribution is 2.40. The topological polar surface area (TPSA) is 43.9 Å². The van der Waals surface area contributed by atoms with Crippen molar-refractivity contribution in [2.45, 2.75) is 0 Å². The molecule has 5 aromatic carbocycles. The van der Waals surface area contributed by atoms with Gasteiger partial charge in [0.1, 0.15) is 17.0 Å². The fourth-order valence-corrected chi connectivity index (χ4v) is 6.30. The SMILES string of the molecule is c1ccc(-c2cc(-c3ccccc3)nc(-n3c4ccccc4c4ccc5c(ncc6c7ccccc7oc65)c43)c2)cc1. The minimum atomic E-state index is 0.848. The molecule has 0 unspecified atom stereocenters. The van der Waals surface area contributed by atoms with E-state index in [1.54, 1.807) is 0 Å². The Hall–Kier alpha value is -5.74. The lowest BCUT2D eigenvalue weighted by Crippen LogP contribution is -2.01. The number of aromatic nitrogens is 3. The van der Waals surface area contributed by atoms with Crippen LogP contribution >= 0.6 is 0 Å². The normalized spacial score (nSPS) is 11.8. The number of benzene rings is 5. The molecule has 0 aliphatic heterocycles. The van der Waals surface area contributed by atoms with Gasteiger partial charge in [0.25, 0.3) is 0 Å². The van der Waals surface area contributed by atoms with E-state index < -0.39 is 0 Å². The average molecular weight is 538 g/mol. The van der Waals surface area contributed by atoms with Gasteiger partial charge in [-0.3, -0.25) is 9.55 Å². The van der Waals surface area contributed by atoms with Crippen molar-refractivity contribution < 1.29 is 4.42 Å². The van der Waals surface area contributed by atoms with Crippen LogP contribution in [0, 0.1) is 0 Å². The lowest BCUT2D eigenvalue weighted by Gasteiger charge is -2.13. The van der Waals surface area contributed by atoms with Crippen molar-refractivity contribution in [2.24, 2.45) is 0 Å². The molecule has 196 valence electrons. The van der Waals surface area contributed by atoms with Gasteiger partial charge in [0.05, 0.1) is 22.2 Å². The zero-order valence-corrected chi connectivity index (χ0v) is 22.5. The third-order valence-electron chi connectivity index (χ3n) is 8.23. The highest BCUT2D eigenvalue weighted by atomic mass is 16.3. The summed E-state index contributed by atoms with van der Waals surface area (Å²) in [5.41, 5.74) is 8.97. The zero-order valence-electron chi connectivity index (χ0n) is 22.5. The predicted octanol–water partition coefficient (Wildman–Crippen LogP) is 9.96. The molecule has 0 saturated heterocycles. The molecular weight excluding hydrogens is 514 g/mol. The molecule has 4 nitrogen and oxygen atoms in total. The fourth-order valence-electron chi connectivity index (χ4n) is 6.30. The highest BCUT2D eigenvalue weighted by molar-refractivity contribution is 6.23. The van der Waals surface area contributed by atoms with Gasteiger partial charge < -0.3 is 4.42 Å². The Kier molecular flexibility index (Phi) is 4.87. The average Bonchev–Trinajstić information content (AvgIpc) is 3.62. The van der Waals surface area contributed by atoms with E-state index in [9.17, 15) is 0 Å². The molecule has 4 heteroatoms. The van der Waals surface area contributed by atoms with E-state index in [-0.39, 0.29) is 0 Å². The van der Waals surface area contributed by atoms with Crippen molar-refractivity contribution in [1.82, 2.24) is 14.5 Å². The minimum absolute atomic E-state index is 0.848. The number of nitrogens with zero attached hydrogens (tertiary/aromatic N) is 3. The molecule has 0 aliphatic carbocycles. The molecule has 0 N–H and O–H groups in total. The molecule has 0 fully saturated rings. The van der Waals surface area contributed by atoms with Crippen LogP contribution in [0.4, 0.5) is 0 Å². The largest absolute Gasteiger partial charge is 0.455 e. The second-order valence-corrected chi connectivity index (χ2v) is 10.6. The van der Waals surface area contributed by atoms with Crippen molar-refractivity contribution in [2.75, 3.05) is 0 Å². The lowest BCUT2D eigenvalue weighted by molar-refractivity contribution is 0.672. The highest BCUT2D eigenvalue weighted by Gasteiger charge is 2.20. The summed E-state index contributed by atoms with van der Waals surface area (Å²) in [5, 5.41) is 5.38. The molecule has 4 heterocycles. The zero-order chi connectivity index (χ0) is 27.6. The van der Waals surface area contributed by atoms with Gasteiger partial charge in [-0.15, -0.1) is 0 Å². The van der Waals surface area contributed by atoms with Gasteiger partial charge in [0.15, 0.2) is 0 Å². The number of furan rings is 1. The lowest BCUT2D eigenvalue weighted by atomic mass is 10.0. The van der Waals surface area contributed by atoms with Crippen LogP contribution in [0.25, 0.3) is 82.8 Å². The van der Waals surface area contributed by atoms with Crippen LogP contribution in [0.3, 0.4) is 0 Å². The first kappa shape index (κ1) is 23.0. The van der Waals surface area contributed by atoms with Gasteiger partial charge >= 0.3 is 0 Å². The van der Waals surface area contributed by atoms with Crippen LogP contribution < -0.4 is 0 Å². The van der Waals surface area contributed by atoms with E-state index in [2.05, 4.69) is 108 Å². The molecule has 0 bridgehead atoms. The van der Waals surface area contributed by atoms with Gasteiger partial charge in [-0.05, 0) is 41.5 Å². The van der Waals surface area contributed by atoms with Gasteiger partial charge in [-0.1, -0.05) is 103 Å². The number of para-hydroxylation sites is 2. The van der Waals surface area contributed by atoms with E-state index in [1.165, 1.54) is 0 Å². The Morgan fingerprint density at radius 2 is 1.21 bits per heavy atom. The second-order valence-electron chi connectivity index (χ2n) is 10.6. The monoisotopic (exact) mass is 537 g/mol. The third-order valence-corrected chi connectivity index (χ3v) is 8.23. The van der Waals surface area contributed by atoms with Crippen molar-refractivity contribution in [1.29, 1.82) is 0 Å². The van der Waals surface area contributed by atoms with Crippen LogP contribution in [0.2, 0.25) is 0 Å². The van der Waals surface area contributed by atoms with Crippen LogP contribution in [0.15, 0.2) is 144 Å². The molecule has 0 atom stereocenters. The maximum Gasteiger partial charge on any atom is 0.146 e. The summed E-state index contributed by atoms with van der Waals surface area (Å²) >= 11 is 0. The van der Waals surface area contributed by atoms with E-state index in [4.69, 9.17) is 14.4 Å². The first-order valence-electron chi connectivity index (χ1n) is 14.1. The number of pyridine rings is 2. The first-order chi connectivity index (χ1) is 20.8. The smallest absolute Gasteiger partial charge is 0.146 e. The summed E-state index contributed by atoms with van der Waals surface area (Å²) in [6.45, 7) is 0. The van der Waals surface area contributed by atoms with Crippen LogP contribution in [0.5, 0.6) is 0 Å². The first-order valence-corrected chi connectivity index (χ1v) is 14.1. The van der Waals surface area contributed by atoms with E-state index in [0.29, 0.717) is 0 Å². The molecule has 0 radical (unpaired) electrons. The van der Waals surface area contributed by atoms with Crippen LogP contribution in [0.1, 0.15) is 0 Å². The maximum absolute atomic E-state index is 6.42. The molecule has 4 aromatic heterocycles. The van der Waals surface area contributed by atoms with Crippen LogP contribution in [-0.4, -0.2) is 14.5 Å². The molecule has 0 saturated carbocycles. The molecule has 9 aromatic rings. The van der Waals surface area contributed by atoms with Gasteiger partial charge in [0.2, 0.25) is 0 Å². The Bertz CT molecular complexity index is 2400. The fraction of sp³-hybridized carbons (Fsp3) is 0. The number of hydrogen-bond donors (Lipinski definition) is 0. The summed E-state index contributed by atoms with van der Waals surface area (Å²) < 4.78 is 8.69. The van der Waals surface area contributed by atoms with Crippen molar-refractivity contribution in [3.63, 3.8) is 0 Å². The molecule has 0 amide bonds. The van der Waals surface area contributed by atoms with Gasteiger partial charge in [-0.2, -0.15) is 0 Å². The number of fused-ring (bicyclic) bond motifs is 9. The number of rotatable bonds is 3. The van der Waals surface area contributed by atoms with Gasteiger partial charge in [-0.25, -0.2) is 4.98 Å².